The number of carbonyl (C=O) groups excluding carboxylic acids is 1. The summed E-state index contributed by atoms with van der Waals surface area (Å²) < 4.78 is 0. The Morgan fingerprint density at radius 2 is 2.06 bits per heavy atom. The van der Waals surface area contributed by atoms with Crippen LogP contribution in [-0.4, -0.2) is 28.4 Å². The third-order valence-electron chi connectivity index (χ3n) is 3.43. The van der Waals surface area contributed by atoms with Gasteiger partial charge in [-0.1, -0.05) is 0 Å². The second-order valence-corrected chi connectivity index (χ2v) is 5.07. The van der Waals surface area contributed by atoms with Gasteiger partial charge in [0.05, 0.1) is 5.56 Å². The number of aromatic nitrogens is 1. The number of pyridine rings is 1. The molecule has 2 aliphatic carbocycles. The Kier molecular flexibility index (Phi) is 2.50. The summed E-state index contributed by atoms with van der Waals surface area (Å²) in [7, 11) is 0. The molecule has 3 rings (SSSR count). The molecule has 1 heterocycles. The van der Waals surface area contributed by atoms with Crippen LogP contribution in [0, 0.1) is 5.92 Å². The maximum atomic E-state index is 12.3. The van der Waals surface area contributed by atoms with E-state index in [-0.39, 0.29) is 11.5 Å². The van der Waals surface area contributed by atoms with E-state index >= 15 is 0 Å². The van der Waals surface area contributed by atoms with Gasteiger partial charge in [-0.2, -0.15) is 0 Å². The molecule has 1 amide bonds. The summed E-state index contributed by atoms with van der Waals surface area (Å²) in [4.78, 5) is 27.8. The molecular weight excluding hydrogens is 216 g/mol. The Hall–Kier alpha value is -1.58. The summed E-state index contributed by atoms with van der Waals surface area (Å²) in [6, 6.07) is 3.47. The highest BCUT2D eigenvalue weighted by Gasteiger charge is 2.36. The van der Waals surface area contributed by atoms with Crippen molar-refractivity contribution in [2.24, 2.45) is 5.92 Å². The minimum atomic E-state index is -0.165. The normalized spacial score (nSPS) is 19.1. The van der Waals surface area contributed by atoms with E-state index in [4.69, 9.17) is 0 Å². The van der Waals surface area contributed by atoms with E-state index in [9.17, 15) is 9.59 Å². The first-order chi connectivity index (χ1) is 8.24. The summed E-state index contributed by atoms with van der Waals surface area (Å²) in [5.74, 6) is 0.776. The molecule has 2 aliphatic rings. The molecule has 1 N–H and O–H groups in total. The monoisotopic (exact) mass is 232 g/mol. The molecule has 0 atom stereocenters. The van der Waals surface area contributed by atoms with Crippen LogP contribution in [0.3, 0.4) is 0 Å². The molecule has 90 valence electrons. The van der Waals surface area contributed by atoms with Crippen LogP contribution >= 0.6 is 0 Å². The van der Waals surface area contributed by atoms with Crippen molar-refractivity contribution in [2.75, 3.05) is 6.54 Å². The lowest BCUT2D eigenvalue weighted by atomic mass is 10.2. The zero-order chi connectivity index (χ0) is 11.8. The number of nitrogens with zero attached hydrogens (tertiary/aromatic N) is 1. The third-order valence-corrected chi connectivity index (χ3v) is 3.43. The van der Waals surface area contributed by atoms with Crippen LogP contribution in [0.5, 0.6) is 0 Å². The third kappa shape index (κ3) is 2.40. The van der Waals surface area contributed by atoms with Gasteiger partial charge in [0.2, 0.25) is 5.56 Å². The maximum absolute atomic E-state index is 12.3. The van der Waals surface area contributed by atoms with E-state index in [1.54, 1.807) is 6.07 Å². The van der Waals surface area contributed by atoms with Crippen LogP contribution in [-0.2, 0) is 0 Å². The Morgan fingerprint density at radius 1 is 1.29 bits per heavy atom. The number of hydrogen-bond acceptors (Lipinski definition) is 2. The average Bonchev–Trinajstić information content (AvgIpc) is 3.18. The number of aromatic amines is 1. The molecule has 0 spiro atoms. The topological polar surface area (TPSA) is 53.2 Å². The molecule has 0 aromatic carbocycles. The quantitative estimate of drug-likeness (QED) is 0.852. The lowest BCUT2D eigenvalue weighted by Crippen LogP contribution is -2.35. The Labute approximate surface area is 99.6 Å². The van der Waals surface area contributed by atoms with Gasteiger partial charge in [-0.25, -0.2) is 0 Å². The fourth-order valence-corrected chi connectivity index (χ4v) is 2.07. The lowest BCUT2D eigenvalue weighted by Gasteiger charge is -2.22. The van der Waals surface area contributed by atoms with Crippen molar-refractivity contribution >= 4 is 5.91 Å². The zero-order valence-electron chi connectivity index (χ0n) is 9.69. The standard InChI is InChI=1S/C13H16N2O2/c16-12-6-3-10(7-14-12)13(17)15(11-4-5-11)8-9-1-2-9/h3,6-7,9,11H,1-2,4-5,8H2,(H,14,16). The fourth-order valence-electron chi connectivity index (χ4n) is 2.07. The maximum Gasteiger partial charge on any atom is 0.255 e. The predicted molar refractivity (Wildman–Crippen MR) is 63.8 cm³/mol. The Balaban J connectivity index is 1.77. The first-order valence-electron chi connectivity index (χ1n) is 6.24. The molecular formula is C13H16N2O2. The first-order valence-corrected chi connectivity index (χ1v) is 6.24. The molecule has 0 aliphatic heterocycles. The van der Waals surface area contributed by atoms with E-state index < -0.39 is 0 Å². The highest BCUT2D eigenvalue weighted by atomic mass is 16.2. The van der Waals surface area contributed by atoms with Gasteiger partial charge in [0.1, 0.15) is 0 Å². The van der Waals surface area contributed by atoms with E-state index in [1.807, 2.05) is 4.90 Å². The molecule has 0 bridgehead atoms. The number of hydrogen-bond donors (Lipinski definition) is 1. The van der Waals surface area contributed by atoms with Crippen LogP contribution in [0.1, 0.15) is 36.0 Å². The van der Waals surface area contributed by atoms with Gasteiger partial charge in [-0.15, -0.1) is 0 Å². The van der Waals surface area contributed by atoms with Gasteiger partial charge in [-0.3, -0.25) is 9.59 Å². The SMILES string of the molecule is O=C(c1ccc(=O)[nH]c1)N(CC1CC1)C1CC1. The Bertz CT molecular complexity index is 466. The number of amides is 1. The van der Waals surface area contributed by atoms with Gasteiger partial charge in [0.25, 0.3) is 5.91 Å². The molecule has 0 saturated heterocycles. The van der Waals surface area contributed by atoms with Gasteiger partial charge in [0, 0.05) is 24.8 Å². The largest absolute Gasteiger partial charge is 0.335 e. The second-order valence-electron chi connectivity index (χ2n) is 5.07. The number of H-pyrrole nitrogens is 1. The smallest absolute Gasteiger partial charge is 0.255 e. The lowest BCUT2D eigenvalue weighted by molar-refractivity contribution is 0.0734. The summed E-state index contributed by atoms with van der Waals surface area (Å²) in [6.45, 7) is 0.891. The number of carbonyl (C=O) groups is 1. The van der Waals surface area contributed by atoms with Crippen LogP contribution in [0.2, 0.25) is 0 Å². The van der Waals surface area contributed by atoms with Crippen molar-refractivity contribution in [3.63, 3.8) is 0 Å². The molecule has 1 aromatic rings. The predicted octanol–water partition coefficient (Wildman–Crippen LogP) is 1.39. The molecule has 2 fully saturated rings. The van der Waals surface area contributed by atoms with Crippen LogP contribution < -0.4 is 5.56 Å². The van der Waals surface area contributed by atoms with Gasteiger partial charge in [-0.05, 0) is 37.7 Å². The molecule has 2 saturated carbocycles. The van der Waals surface area contributed by atoms with E-state index in [0.717, 1.165) is 19.4 Å². The first kappa shape index (κ1) is 10.6. The highest BCUT2D eigenvalue weighted by Crippen LogP contribution is 2.35. The summed E-state index contributed by atoms with van der Waals surface area (Å²) in [5.41, 5.74) is 0.430. The highest BCUT2D eigenvalue weighted by molar-refractivity contribution is 5.94. The number of rotatable bonds is 4. The van der Waals surface area contributed by atoms with E-state index in [0.29, 0.717) is 17.5 Å². The van der Waals surface area contributed by atoms with Crippen molar-refractivity contribution in [3.8, 4) is 0 Å². The van der Waals surface area contributed by atoms with Crippen molar-refractivity contribution in [1.29, 1.82) is 0 Å². The van der Waals surface area contributed by atoms with E-state index in [2.05, 4.69) is 4.98 Å². The summed E-state index contributed by atoms with van der Waals surface area (Å²) >= 11 is 0. The zero-order valence-corrected chi connectivity index (χ0v) is 9.69. The molecule has 4 heteroatoms. The van der Waals surface area contributed by atoms with Crippen LogP contribution in [0.4, 0.5) is 0 Å². The van der Waals surface area contributed by atoms with E-state index in [1.165, 1.54) is 25.1 Å². The molecule has 0 unspecified atom stereocenters. The van der Waals surface area contributed by atoms with Crippen LogP contribution in [0.25, 0.3) is 0 Å². The molecule has 4 nitrogen and oxygen atoms in total. The molecule has 17 heavy (non-hydrogen) atoms. The minimum absolute atomic E-state index is 0.0654. The second kappa shape index (κ2) is 4.02. The number of nitrogens with one attached hydrogen (secondary N) is 1. The van der Waals surface area contributed by atoms with Crippen molar-refractivity contribution in [3.05, 3.63) is 34.2 Å². The van der Waals surface area contributed by atoms with Crippen LogP contribution in [0.15, 0.2) is 23.1 Å². The minimum Gasteiger partial charge on any atom is -0.335 e. The van der Waals surface area contributed by atoms with Crippen molar-refractivity contribution in [2.45, 2.75) is 31.7 Å². The fraction of sp³-hybridized carbons (Fsp3) is 0.538. The summed E-state index contributed by atoms with van der Waals surface area (Å²) in [5, 5.41) is 0. The van der Waals surface area contributed by atoms with Gasteiger partial charge < -0.3 is 9.88 Å². The van der Waals surface area contributed by atoms with Gasteiger partial charge >= 0.3 is 0 Å². The van der Waals surface area contributed by atoms with Crippen molar-refractivity contribution < 1.29 is 4.79 Å². The molecule has 1 aromatic heterocycles. The Morgan fingerprint density at radius 3 is 2.59 bits per heavy atom. The van der Waals surface area contributed by atoms with Crippen molar-refractivity contribution in [1.82, 2.24) is 9.88 Å². The average molecular weight is 232 g/mol. The molecule has 0 radical (unpaired) electrons. The summed E-state index contributed by atoms with van der Waals surface area (Å²) in [6.07, 6.45) is 6.28. The van der Waals surface area contributed by atoms with Gasteiger partial charge in [0.15, 0.2) is 0 Å².